The third kappa shape index (κ3) is 2.62. The minimum atomic E-state index is 0.150. The molecule has 0 aromatic heterocycles. The molecule has 0 aliphatic carbocycles. The van der Waals surface area contributed by atoms with E-state index in [1.807, 2.05) is 18.2 Å². The predicted molar refractivity (Wildman–Crippen MR) is 59.2 cm³/mol. The first kappa shape index (κ1) is 10.7. The molecule has 1 atom stereocenters. The number of hydrogen-bond acceptors (Lipinski definition) is 3. The highest BCUT2D eigenvalue weighted by molar-refractivity contribution is 6.30. The van der Waals surface area contributed by atoms with Crippen molar-refractivity contribution in [2.45, 2.75) is 19.1 Å². The van der Waals surface area contributed by atoms with E-state index in [1.54, 1.807) is 0 Å². The number of hydrogen-bond donors (Lipinski definition) is 1. The van der Waals surface area contributed by atoms with Crippen molar-refractivity contribution in [1.29, 1.82) is 0 Å². The summed E-state index contributed by atoms with van der Waals surface area (Å²) in [5, 5.41) is 0.686. The van der Waals surface area contributed by atoms with Crippen LogP contribution in [0, 0.1) is 0 Å². The van der Waals surface area contributed by atoms with Crippen LogP contribution in [0.4, 0.5) is 0 Å². The molecular formula is C11H14ClNO2. The van der Waals surface area contributed by atoms with Crippen LogP contribution in [0.5, 0.6) is 5.75 Å². The summed E-state index contributed by atoms with van der Waals surface area (Å²) in [6, 6.07) is 5.52. The van der Waals surface area contributed by atoms with E-state index in [0.29, 0.717) is 18.2 Å². The first-order chi connectivity index (χ1) is 7.29. The average molecular weight is 228 g/mol. The van der Waals surface area contributed by atoms with Crippen LogP contribution in [0.2, 0.25) is 5.02 Å². The highest BCUT2D eigenvalue weighted by Crippen LogP contribution is 2.24. The number of halogens is 1. The zero-order valence-electron chi connectivity index (χ0n) is 8.41. The normalized spacial score (nSPS) is 20.5. The molecular weight excluding hydrogens is 214 g/mol. The smallest absolute Gasteiger partial charge is 0.124 e. The molecule has 0 radical (unpaired) electrons. The van der Waals surface area contributed by atoms with Gasteiger partial charge in [0.15, 0.2) is 0 Å². The maximum Gasteiger partial charge on any atom is 0.124 e. The molecule has 2 rings (SSSR count). The zero-order valence-corrected chi connectivity index (χ0v) is 9.17. The van der Waals surface area contributed by atoms with Crippen LogP contribution in [-0.2, 0) is 11.3 Å². The Hall–Kier alpha value is -0.770. The third-order valence-electron chi connectivity index (χ3n) is 2.42. The lowest BCUT2D eigenvalue weighted by molar-refractivity contribution is 0.140. The van der Waals surface area contributed by atoms with Gasteiger partial charge >= 0.3 is 0 Å². The summed E-state index contributed by atoms with van der Waals surface area (Å²) >= 11 is 5.88. The second-order valence-corrected chi connectivity index (χ2v) is 4.00. The van der Waals surface area contributed by atoms with Crippen LogP contribution in [0.15, 0.2) is 18.2 Å². The molecule has 0 saturated carbocycles. The maximum atomic E-state index is 5.88. The molecule has 3 nitrogen and oxygen atoms in total. The van der Waals surface area contributed by atoms with E-state index >= 15 is 0 Å². The van der Waals surface area contributed by atoms with Crippen LogP contribution in [0.1, 0.15) is 12.0 Å². The number of rotatable bonds is 3. The van der Waals surface area contributed by atoms with Crippen LogP contribution in [0.3, 0.4) is 0 Å². The van der Waals surface area contributed by atoms with Gasteiger partial charge in [-0.2, -0.15) is 0 Å². The van der Waals surface area contributed by atoms with Gasteiger partial charge in [0.05, 0.1) is 13.2 Å². The fourth-order valence-electron chi connectivity index (χ4n) is 1.61. The second kappa shape index (κ2) is 4.84. The lowest BCUT2D eigenvalue weighted by atomic mass is 10.2. The van der Waals surface area contributed by atoms with Gasteiger partial charge in [-0.1, -0.05) is 11.6 Å². The van der Waals surface area contributed by atoms with Gasteiger partial charge in [0, 0.05) is 23.6 Å². The molecule has 1 aromatic carbocycles. The molecule has 15 heavy (non-hydrogen) atoms. The molecule has 2 N–H and O–H groups in total. The predicted octanol–water partition coefficient (Wildman–Crippen LogP) is 1.97. The monoisotopic (exact) mass is 227 g/mol. The summed E-state index contributed by atoms with van der Waals surface area (Å²) in [7, 11) is 0. The molecule has 1 fully saturated rings. The Morgan fingerprint density at radius 3 is 3.07 bits per heavy atom. The lowest BCUT2D eigenvalue weighted by Gasteiger charge is -2.14. The van der Waals surface area contributed by atoms with E-state index in [9.17, 15) is 0 Å². The Labute approximate surface area is 94.1 Å². The Morgan fingerprint density at radius 1 is 1.53 bits per heavy atom. The van der Waals surface area contributed by atoms with Crippen molar-refractivity contribution in [2.24, 2.45) is 5.73 Å². The first-order valence-electron chi connectivity index (χ1n) is 5.02. The molecule has 1 aliphatic rings. The summed E-state index contributed by atoms with van der Waals surface area (Å²) < 4.78 is 11.0. The highest BCUT2D eigenvalue weighted by atomic mass is 35.5. The molecule has 0 spiro atoms. The van der Waals surface area contributed by atoms with Crippen molar-refractivity contribution in [3.63, 3.8) is 0 Å². The van der Waals surface area contributed by atoms with E-state index < -0.39 is 0 Å². The molecule has 1 saturated heterocycles. The highest BCUT2D eigenvalue weighted by Gasteiger charge is 2.18. The van der Waals surface area contributed by atoms with Gasteiger partial charge in [0.1, 0.15) is 11.9 Å². The van der Waals surface area contributed by atoms with E-state index in [2.05, 4.69) is 0 Å². The molecule has 1 heterocycles. The minimum Gasteiger partial charge on any atom is -0.488 e. The Kier molecular flexibility index (Phi) is 3.46. The van der Waals surface area contributed by atoms with Crippen molar-refractivity contribution >= 4 is 11.6 Å². The SMILES string of the molecule is NCc1cc(Cl)ccc1OC1CCOC1. The summed E-state index contributed by atoms with van der Waals surface area (Å²) in [5.74, 6) is 0.817. The minimum absolute atomic E-state index is 0.150. The van der Waals surface area contributed by atoms with Gasteiger partial charge in [-0.3, -0.25) is 0 Å². The number of ether oxygens (including phenoxy) is 2. The van der Waals surface area contributed by atoms with Crippen LogP contribution in [-0.4, -0.2) is 19.3 Å². The van der Waals surface area contributed by atoms with Crippen molar-refractivity contribution in [3.05, 3.63) is 28.8 Å². The Morgan fingerprint density at radius 2 is 2.40 bits per heavy atom. The number of benzene rings is 1. The Bertz CT molecular complexity index is 337. The lowest BCUT2D eigenvalue weighted by Crippen LogP contribution is -2.17. The summed E-state index contributed by atoms with van der Waals surface area (Å²) in [5.41, 5.74) is 6.56. The first-order valence-corrected chi connectivity index (χ1v) is 5.40. The zero-order chi connectivity index (χ0) is 10.7. The van der Waals surface area contributed by atoms with Crippen LogP contribution >= 0.6 is 11.6 Å². The fraction of sp³-hybridized carbons (Fsp3) is 0.455. The van der Waals surface area contributed by atoms with Gasteiger partial charge in [-0.05, 0) is 18.2 Å². The molecule has 1 aromatic rings. The molecule has 0 amide bonds. The van der Waals surface area contributed by atoms with Gasteiger partial charge in [-0.25, -0.2) is 0 Å². The van der Waals surface area contributed by atoms with Gasteiger partial charge in [0.25, 0.3) is 0 Å². The maximum absolute atomic E-state index is 5.88. The second-order valence-electron chi connectivity index (χ2n) is 3.56. The summed E-state index contributed by atoms with van der Waals surface area (Å²) in [6.07, 6.45) is 1.09. The van der Waals surface area contributed by atoms with Crippen molar-refractivity contribution < 1.29 is 9.47 Å². The topological polar surface area (TPSA) is 44.5 Å². The molecule has 1 aliphatic heterocycles. The van der Waals surface area contributed by atoms with E-state index in [1.165, 1.54) is 0 Å². The van der Waals surface area contributed by atoms with Crippen molar-refractivity contribution in [2.75, 3.05) is 13.2 Å². The fourth-order valence-corrected chi connectivity index (χ4v) is 1.80. The van der Waals surface area contributed by atoms with E-state index in [4.69, 9.17) is 26.8 Å². The molecule has 82 valence electrons. The largest absolute Gasteiger partial charge is 0.488 e. The summed E-state index contributed by atoms with van der Waals surface area (Å²) in [6.45, 7) is 1.87. The van der Waals surface area contributed by atoms with Gasteiger partial charge < -0.3 is 15.2 Å². The van der Waals surface area contributed by atoms with Crippen molar-refractivity contribution in [3.8, 4) is 5.75 Å². The molecule has 4 heteroatoms. The average Bonchev–Trinajstić information content (AvgIpc) is 2.73. The standard InChI is InChI=1S/C11H14ClNO2/c12-9-1-2-11(8(5-9)6-13)15-10-3-4-14-7-10/h1-2,5,10H,3-4,6-7,13H2. The summed E-state index contributed by atoms with van der Waals surface area (Å²) in [4.78, 5) is 0. The van der Waals surface area contributed by atoms with E-state index in [0.717, 1.165) is 24.3 Å². The van der Waals surface area contributed by atoms with Crippen LogP contribution in [0.25, 0.3) is 0 Å². The van der Waals surface area contributed by atoms with Crippen molar-refractivity contribution in [1.82, 2.24) is 0 Å². The van der Waals surface area contributed by atoms with Gasteiger partial charge in [0.2, 0.25) is 0 Å². The quantitative estimate of drug-likeness (QED) is 0.859. The van der Waals surface area contributed by atoms with Crippen LogP contribution < -0.4 is 10.5 Å². The Balaban J connectivity index is 2.12. The number of nitrogens with two attached hydrogens (primary N) is 1. The van der Waals surface area contributed by atoms with E-state index in [-0.39, 0.29) is 6.10 Å². The third-order valence-corrected chi connectivity index (χ3v) is 2.66. The molecule has 1 unspecified atom stereocenters. The molecule has 0 bridgehead atoms. The van der Waals surface area contributed by atoms with Gasteiger partial charge in [-0.15, -0.1) is 0 Å².